The molecule has 1 amide bonds. The molecule has 0 heterocycles. The summed E-state index contributed by atoms with van der Waals surface area (Å²) in [7, 11) is 0. The van der Waals surface area contributed by atoms with E-state index in [0.29, 0.717) is 0 Å². The lowest BCUT2D eigenvalue weighted by Crippen LogP contribution is -2.26. The van der Waals surface area contributed by atoms with Crippen LogP contribution in [0.2, 0.25) is 0 Å². The lowest BCUT2D eigenvalue weighted by Gasteiger charge is -2.03. The third kappa shape index (κ3) is 5.69. The summed E-state index contributed by atoms with van der Waals surface area (Å²) >= 11 is -1.54. The molecule has 0 bridgehead atoms. The standard InChI is InChI=1S/C17H15NO2S/c19-17(12-11-15-7-3-1-4-8-15)18-21(20)14-13-16-9-5-2-6-10-16/h1-14H,(H,18,19)/b12-11+,14-13+. The van der Waals surface area contributed by atoms with Crippen molar-refractivity contribution in [2.75, 3.05) is 0 Å². The summed E-state index contributed by atoms with van der Waals surface area (Å²) in [5.74, 6) is -0.394. The number of amides is 1. The average Bonchev–Trinajstić information content (AvgIpc) is 2.53. The monoisotopic (exact) mass is 297 g/mol. The van der Waals surface area contributed by atoms with Crippen molar-refractivity contribution < 1.29 is 9.35 Å². The first kappa shape index (κ1) is 15.1. The zero-order valence-electron chi connectivity index (χ0n) is 11.3. The highest BCUT2D eigenvalue weighted by atomic mass is 32.2. The van der Waals surface area contributed by atoms with Gasteiger partial charge < -0.3 is 4.55 Å². The van der Waals surface area contributed by atoms with E-state index in [1.807, 2.05) is 60.7 Å². The zero-order valence-corrected chi connectivity index (χ0v) is 12.1. The molecule has 106 valence electrons. The van der Waals surface area contributed by atoms with Crippen LogP contribution in [0.15, 0.2) is 72.1 Å². The summed E-state index contributed by atoms with van der Waals surface area (Å²) in [6.07, 6.45) is 4.74. The van der Waals surface area contributed by atoms with Gasteiger partial charge in [-0.05, 0) is 23.3 Å². The van der Waals surface area contributed by atoms with Crippen molar-refractivity contribution in [2.24, 2.45) is 0 Å². The average molecular weight is 297 g/mol. The fourth-order valence-corrected chi connectivity index (χ4v) is 2.22. The number of hydrogen-bond donors (Lipinski definition) is 1. The summed E-state index contributed by atoms with van der Waals surface area (Å²) in [4.78, 5) is 11.6. The van der Waals surface area contributed by atoms with Crippen LogP contribution in [0.5, 0.6) is 0 Å². The number of carbonyl (C=O) groups excluding carboxylic acids is 1. The van der Waals surface area contributed by atoms with Crippen LogP contribution in [-0.2, 0) is 16.2 Å². The van der Waals surface area contributed by atoms with Crippen LogP contribution in [0, 0.1) is 0 Å². The highest BCUT2D eigenvalue weighted by Gasteiger charge is 2.05. The first-order chi connectivity index (χ1) is 10.2. The van der Waals surface area contributed by atoms with Crippen molar-refractivity contribution in [3.63, 3.8) is 0 Å². The summed E-state index contributed by atoms with van der Waals surface area (Å²) in [5, 5.41) is 1.45. The Morgan fingerprint density at radius 3 is 2.00 bits per heavy atom. The number of carbonyl (C=O) groups is 1. The Morgan fingerprint density at radius 2 is 1.43 bits per heavy atom. The van der Waals surface area contributed by atoms with Crippen LogP contribution in [0.4, 0.5) is 0 Å². The predicted octanol–water partition coefficient (Wildman–Crippen LogP) is 3.15. The van der Waals surface area contributed by atoms with Gasteiger partial charge in [0.25, 0.3) is 5.91 Å². The topological polar surface area (TPSA) is 52.2 Å². The van der Waals surface area contributed by atoms with Crippen LogP contribution < -0.4 is 4.72 Å². The van der Waals surface area contributed by atoms with Crippen LogP contribution in [0.3, 0.4) is 0 Å². The van der Waals surface area contributed by atoms with E-state index in [1.54, 1.807) is 12.2 Å². The number of benzene rings is 2. The Bertz CT molecular complexity index is 624. The molecule has 1 N–H and O–H groups in total. The lowest BCUT2D eigenvalue weighted by molar-refractivity contribution is -0.114. The fraction of sp³-hybridized carbons (Fsp3) is 0. The van der Waals surface area contributed by atoms with E-state index in [9.17, 15) is 9.35 Å². The minimum atomic E-state index is -1.54. The van der Waals surface area contributed by atoms with Crippen molar-refractivity contribution in [3.8, 4) is 0 Å². The molecule has 0 fully saturated rings. The first-order valence-corrected chi connectivity index (χ1v) is 7.63. The molecule has 0 spiro atoms. The molecular formula is C17H15NO2S. The molecule has 0 aliphatic heterocycles. The Morgan fingerprint density at radius 1 is 0.905 bits per heavy atom. The largest absolute Gasteiger partial charge is 0.588 e. The van der Waals surface area contributed by atoms with Gasteiger partial charge in [-0.15, -0.1) is 0 Å². The maximum absolute atomic E-state index is 11.7. The summed E-state index contributed by atoms with van der Waals surface area (Å²) in [6.45, 7) is 0. The van der Waals surface area contributed by atoms with Gasteiger partial charge in [-0.1, -0.05) is 60.7 Å². The van der Waals surface area contributed by atoms with Gasteiger partial charge in [0, 0.05) is 6.08 Å². The Kier molecular flexibility index (Phi) is 5.82. The minimum absolute atomic E-state index is 0.394. The van der Waals surface area contributed by atoms with Crippen molar-refractivity contribution >= 4 is 29.4 Å². The van der Waals surface area contributed by atoms with Crippen molar-refractivity contribution in [2.45, 2.75) is 0 Å². The molecule has 0 aliphatic rings. The van der Waals surface area contributed by atoms with E-state index in [-0.39, 0.29) is 0 Å². The van der Waals surface area contributed by atoms with E-state index in [0.717, 1.165) is 11.1 Å². The molecule has 2 aromatic rings. The SMILES string of the molecule is O=C(/C=C/c1ccccc1)N[S+]([O-])/C=C/c1ccccc1. The second-order valence-electron chi connectivity index (χ2n) is 4.22. The van der Waals surface area contributed by atoms with Gasteiger partial charge in [-0.25, -0.2) is 0 Å². The fourth-order valence-electron chi connectivity index (χ4n) is 1.61. The van der Waals surface area contributed by atoms with Gasteiger partial charge >= 0.3 is 0 Å². The van der Waals surface area contributed by atoms with E-state index < -0.39 is 17.3 Å². The van der Waals surface area contributed by atoms with E-state index in [1.165, 1.54) is 11.5 Å². The van der Waals surface area contributed by atoms with Crippen LogP contribution >= 0.6 is 0 Å². The van der Waals surface area contributed by atoms with E-state index >= 15 is 0 Å². The molecule has 3 nitrogen and oxygen atoms in total. The van der Waals surface area contributed by atoms with Gasteiger partial charge in [0.05, 0.1) is 0 Å². The molecule has 1 unspecified atom stereocenters. The molecule has 2 rings (SSSR count). The lowest BCUT2D eigenvalue weighted by atomic mass is 10.2. The van der Waals surface area contributed by atoms with Crippen LogP contribution in [0.1, 0.15) is 11.1 Å². The predicted molar refractivity (Wildman–Crippen MR) is 87.2 cm³/mol. The van der Waals surface area contributed by atoms with Gasteiger partial charge in [-0.2, -0.15) is 4.72 Å². The Labute approximate surface area is 127 Å². The van der Waals surface area contributed by atoms with E-state index in [4.69, 9.17) is 0 Å². The Balaban J connectivity index is 1.85. The van der Waals surface area contributed by atoms with Gasteiger partial charge in [0.1, 0.15) is 16.8 Å². The van der Waals surface area contributed by atoms with Gasteiger partial charge in [0.15, 0.2) is 0 Å². The molecule has 2 aromatic carbocycles. The van der Waals surface area contributed by atoms with Crippen molar-refractivity contribution in [3.05, 3.63) is 83.3 Å². The maximum atomic E-state index is 11.7. The molecule has 0 aromatic heterocycles. The number of nitrogens with one attached hydrogen (secondary N) is 1. The third-order valence-corrected chi connectivity index (χ3v) is 3.40. The molecule has 0 saturated heterocycles. The molecule has 21 heavy (non-hydrogen) atoms. The van der Waals surface area contributed by atoms with Crippen LogP contribution in [0.25, 0.3) is 12.2 Å². The molecular weight excluding hydrogens is 282 g/mol. The summed E-state index contributed by atoms with van der Waals surface area (Å²) < 4.78 is 14.1. The molecule has 0 aliphatic carbocycles. The first-order valence-electron chi connectivity index (χ1n) is 6.41. The molecule has 0 saturated carbocycles. The number of hydrogen-bond acceptors (Lipinski definition) is 2. The smallest absolute Gasteiger partial charge is 0.285 e. The maximum Gasteiger partial charge on any atom is 0.285 e. The minimum Gasteiger partial charge on any atom is -0.588 e. The highest BCUT2D eigenvalue weighted by Crippen LogP contribution is 2.03. The number of rotatable bonds is 5. The van der Waals surface area contributed by atoms with E-state index in [2.05, 4.69) is 4.72 Å². The quantitative estimate of drug-likeness (QED) is 0.681. The molecule has 0 radical (unpaired) electrons. The second-order valence-corrected chi connectivity index (χ2v) is 5.29. The highest BCUT2D eigenvalue weighted by molar-refractivity contribution is 7.93. The van der Waals surface area contributed by atoms with Gasteiger partial charge in [-0.3, -0.25) is 4.79 Å². The third-order valence-electron chi connectivity index (χ3n) is 2.61. The van der Waals surface area contributed by atoms with Crippen molar-refractivity contribution in [1.82, 2.24) is 4.72 Å². The van der Waals surface area contributed by atoms with Crippen LogP contribution in [-0.4, -0.2) is 10.5 Å². The second kappa shape index (κ2) is 8.09. The van der Waals surface area contributed by atoms with Crippen molar-refractivity contribution in [1.29, 1.82) is 0 Å². The van der Waals surface area contributed by atoms with Gasteiger partial charge in [0.2, 0.25) is 0 Å². The molecule has 4 heteroatoms. The summed E-state index contributed by atoms with van der Waals surface area (Å²) in [6, 6.07) is 18.9. The zero-order chi connectivity index (χ0) is 14.9. The normalized spacial score (nSPS) is 12.6. The Hall–Kier alpha value is -2.30. The molecule has 1 atom stereocenters. The summed E-state index contributed by atoms with van der Waals surface area (Å²) in [5.41, 5.74) is 1.85.